The molecule has 0 fully saturated rings. The monoisotopic (exact) mass is 747 g/mol. The number of ketones is 1. The molecular weight excluding hydrogens is 711 g/mol. The fraction of sp³-hybridized carbons (Fsp3) is 0.220. The zero-order chi connectivity index (χ0) is 37.8. The topological polar surface area (TPSA) is 101 Å². The second-order valence-electron chi connectivity index (χ2n) is 12.9. The summed E-state index contributed by atoms with van der Waals surface area (Å²) in [6.45, 7) is 5.87. The van der Waals surface area contributed by atoms with Gasteiger partial charge in [0.05, 0.1) is 17.2 Å². The Labute approximate surface area is 306 Å². The molecule has 0 saturated heterocycles. The van der Waals surface area contributed by atoms with Crippen LogP contribution in [0.5, 0.6) is 0 Å². The van der Waals surface area contributed by atoms with Crippen LogP contribution in [0.15, 0.2) is 103 Å². The van der Waals surface area contributed by atoms with Crippen LogP contribution in [-0.2, 0) is 27.5 Å². The van der Waals surface area contributed by atoms with Gasteiger partial charge in [0.25, 0.3) is 10.1 Å². The van der Waals surface area contributed by atoms with Gasteiger partial charge in [-0.05, 0) is 96.8 Å². The molecule has 1 atom stereocenters. The highest BCUT2D eigenvalue weighted by Gasteiger charge is 2.31. The van der Waals surface area contributed by atoms with Crippen molar-refractivity contribution in [3.05, 3.63) is 147 Å². The highest BCUT2D eigenvalue weighted by Crippen LogP contribution is 2.37. The van der Waals surface area contributed by atoms with E-state index in [4.69, 9.17) is 16.2 Å². The van der Waals surface area contributed by atoms with Crippen molar-refractivity contribution in [3.8, 4) is 22.3 Å². The molecule has 6 nitrogen and oxygen atoms in total. The van der Waals surface area contributed by atoms with Crippen molar-refractivity contribution in [2.45, 2.75) is 52.1 Å². The van der Waals surface area contributed by atoms with Crippen LogP contribution in [0.1, 0.15) is 62.5 Å². The number of hydrogen-bond acceptors (Lipinski definition) is 4. The molecular formula is C41H37ClF3NO5S. The van der Waals surface area contributed by atoms with Gasteiger partial charge in [-0.1, -0.05) is 96.0 Å². The Hall–Kier alpha value is -4.77. The minimum absolute atomic E-state index is 0.00238. The minimum atomic E-state index is -4.52. The van der Waals surface area contributed by atoms with Crippen molar-refractivity contribution in [2.24, 2.45) is 0 Å². The molecule has 2 N–H and O–H groups in total. The third kappa shape index (κ3) is 9.76. The molecule has 0 bridgehead atoms. The number of rotatable bonds is 12. The standard InChI is InChI=1S/C41H37ClF3NO5S/c1-25-6-17-34(26(2)21-25)29-11-13-30(14-12-29)37(23-28-7-9-31(10-8-28)39(47)5-4-20-52(49,50)51)40(48)46-33-16-19-35(27(3)22-33)36-18-15-32(24-38(36)42)41(43,44)45/h6-19,21-22,24,37H,4-5,20,23H2,1-3H3,(H,46,48)(H,49,50,51). The first-order valence-electron chi connectivity index (χ1n) is 16.5. The molecule has 0 spiro atoms. The summed E-state index contributed by atoms with van der Waals surface area (Å²) in [6.07, 6.45) is -4.27. The molecule has 0 aromatic heterocycles. The highest BCUT2D eigenvalue weighted by molar-refractivity contribution is 7.85. The van der Waals surface area contributed by atoms with Gasteiger partial charge in [-0.2, -0.15) is 21.6 Å². The Morgan fingerprint density at radius 2 is 1.42 bits per heavy atom. The number of amides is 1. The van der Waals surface area contributed by atoms with Gasteiger partial charge < -0.3 is 5.32 Å². The smallest absolute Gasteiger partial charge is 0.326 e. The van der Waals surface area contributed by atoms with E-state index in [0.717, 1.165) is 45.5 Å². The van der Waals surface area contributed by atoms with Crippen molar-refractivity contribution in [1.82, 2.24) is 0 Å². The number of benzene rings is 5. The molecule has 11 heteroatoms. The zero-order valence-corrected chi connectivity index (χ0v) is 30.3. The van der Waals surface area contributed by atoms with Crippen LogP contribution in [0.4, 0.5) is 18.9 Å². The van der Waals surface area contributed by atoms with E-state index in [0.29, 0.717) is 34.4 Å². The molecule has 0 heterocycles. The van der Waals surface area contributed by atoms with Crippen molar-refractivity contribution < 1.29 is 35.7 Å². The van der Waals surface area contributed by atoms with Crippen LogP contribution in [-0.4, -0.2) is 30.4 Å². The lowest BCUT2D eigenvalue weighted by atomic mass is 9.88. The Bertz CT molecular complexity index is 2220. The maximum atomic E-state index is 14.0. The Morgan fingerprint density at radius 1 is 0.788 bits per heavy atom. The predicted octanol–water partition coefficient (Wildman–Crippen LogP) is 10.4. The summed E-state index contributed by atoms with van der Waals surface area (Å²) in [6, 6.07) is 29.2. The number of Topliss-reactive ketones (excluding diaryl/α,β-unsaturated/α-hetero) is 1. The molecule has 0 aliphatic rings. The van der Waals surface area contributed by atoms with Gasteiger partial charge >= 0.3 is 6.18 Å². The summed E-state index contributed by atoms with van der Waals surface area (Å²) >= 11 is 6.26. The van der Waals surface area contributed by atoms with Crippen LogP contribution in [0.3, 0.4) is 0 Å². The van der Waals surface area contributed by atoms with E-state index in [1.807, 2.05) is 44.2 Å². The Balaban J connectivity index is 1.40. The molecule has 52 heavy (non-hydrogen) atoms. The van der Waals surface area contributed by atoms with Crippen molar-refractivity contribution in [3.63, 3.8) is 0 Å². The third-order valence-electron chi connectivity index (χ3n) is 8.92. The van der Waals surface area contributed by atoms with E-state index in [-0.39, 0.29) is 29.6 Å². The van der Waals surface area contributed by atoms with E-state index >= 15 is 0 Å². The van der Waals surface area contributed by atoms with Gasteiger partial charge in [0.15, 0.2) is 5.78 Å². The average Bonchev–Trinajstić information content (AvgIpc) is 3.07. The molecule has 0 saturated carbocycles. The molecule has 1 unspecified atom stereocenters. The maximum Gasteiger partial charge on any atom is 0.416 e. The minimum Gasteiger partial charge on any atom is -0.326 e. The van der Waals surface area contributed by atoms with Gasteiger partial charge in [-0.15, -0.1) is 0 Å². The van der Waals surface area contributed by atoms with Crippen molar-refractivity contribution >= 4 is 39.1 Å². The summed E-state index contributed by atoms with van der Waals surface area (Å²) in [5.74, 6) is -1.69. The van der Waals surface area contributed by atoms with Gasteiger partial charge in [-0.25, -0.2) is 0 Å². The van der Waals surface area contributed by atoms with Crippen LogP contribution in [0.25, 0.3) is 22.3 Å². The van der Waals surface area contributed by atoms with Crippen LogP contribution in [0.2, 0.25) is 5.02 Å². The molecule has 270 valence electrons. The SMILES string of the molecule is Cc1ccc(-c2ccc(C(Cc3ccc(C(=O)CCCS(=O)(=O)O)cc3)C(=O)Nc3ccc(-c4ccc(C(F)(F)F)cc4Cl)c(C)c3)cc2)c(C)c1. The number of carbonyl (C=O) groups is 2. The van der Waals surface area contributed by atoms with Gasteiger partial charge in [0.2, 0.25) is 5.91 Å². The normalized spacial score (nSPS) is 12.4. The van der Waals surface area contributed by atoms with Crippen LogP contribution >= 0.6 is 11.6 Å². The summed E-state index contributed by atoms with van der Waals surface area (Å²) < 4.78 is 70.6. The van der Waals surface area contributed by atoms with E-state index < -0.39 is 33.5 Å². The quantitative estimate of drug-likeness (QED) is 0.0978. The number of carbonyl (C=O) groups excluding carboxylic acids is 2. The Kier molecular flexibility index (Phi) is 11.7. The maximum absolute atomic E-state index is 14.0. The summed E-state index contributed by atoms with van der Waals surface area (Å²) in [4.78, 5) is 26.6. The molecule has 5 aromatic carbocycles. The number of anilines is 1. The van der Waals surface area contributed by atoms with E-state index in [9.17, 15) is 31.2 Å². The summed E-state index contributed by atoms with van der Waals surface area (Å²) in [5, 5.41) is 2.97. The number of halogens is 4. The molecule has 0 aliphatic heterocycles. The van der Waals surface area contributed by atoms with Crippen molar-refractivity contribution in [1.29, 1.82) is 0 Å². The third-order valence-corrected chi connectivity index (χ3v) is 10.0. The molecule has 5 aromatic rings. The fourth-order valence-electron chi connectivity index (χ4n) is 6.20. The molecule has 5 rings (SSSR count). The van der Waals surface area contributed by atoms with Gasteiger partial charge in [0, 0.05) is 28.3 Å². The number of aryl methyl sites for hydroxylation is 3. The lowest BCUT2D eigenvalue weighted by Gasteiger charge is -2.19. The van der Waals surface area contributed by atoms with Crippen LogP contribution in [0, 0.1) is 20.8 Å². The second kappa shape index (κ2) is 15.9. The predicted molar refractivity (Wildman–Crippen MR) is 199 cm³/mol. The van der Waals surface area contributed by atoms with Crippen molar-refractivity contribution in [2.75, 3.05) is 11.1 Å². The van der Waals surface area contributed by atoms with Crippen LogP contribution < -0.4 is 5.32 Å². The largest absolute Gasteiger partial charge is 0.416 e. The fourth-order valence-corrected chi connectivity index (χ4v) is 6.99. The lowest BCUT2D eigenvalue weighted by Crippen LogP contribution is -2.23. The van der Waals surface area contributed by atoms with E-state index in [1.165, 1.54) is 6.07 Å². The number of alkyl halides is 3. The van der Waals surface area contributed by atoms with E-state index in [1.54, 1.807) is 49.4 Å². The second-order valence-corrected chi connectivity index (χ2v) is 14.9. The average molecular weight is 748 g/mol. The summed E-state index contributed by atoms with van der Waals surface area (Å²) in [5.41, 5.74) is 7.74. The first-order chi connectivity index (χ1) is 24.5. The molecule has 0 aliphatic carbocycles. The Morgan fingerprint density at radius 3 is 2.02 bits per heavy atom. The summed E-state index contributed by atoms with van der Waals surface area (Å²) in [7, 11) is -4.16. The highest BCUT2D eigenvalue weighted by atomic mass is 35.5. The van der Waals surface area contributed by atoms with E-state index in [2.05, 4.69) is 17.4 Å². The number of hydrogen-bond donors (Lipinski definition) is 2. The number of nitrogens with one attached hydrogen (secondary N) is 1. The molecule has 0 radical (unpaired) electrons. The zero-order valence-electron chi connectivity index (χ0n) is 28.7. The lowest BCUT2D eigenvalue weighted by molar-refractivity contribution is -0.137. The first-order valence-corrected chi connectivity index (χ1v) is 18.5. The van der Waals surface area contributed by atoms with Gasteiger partial charge in [-0.3, -0.25) is 14.1 Å². The molecule has 1 amide bonds. The first kappa shape index (κ1) is 38.5. The van der Waals surface area contributed by atoms with Gasteiger partial charge in [0.1, 0.15) is 0 Å².